The maximum absolute atomic E-state index is 13.7. The van der Waals surface area contributed by atoms with E-state index in [1.165, 1.54) is 12.1 Å². The average Bonchev–Trinajstić information content (AvgIpc) is 3.90. The monoisotopic (exact) mass is 536 g/mol. The Morgan fingerprint density at radius 2 is 1.80 bits per heavy atom. The summed E-state index contributed by atoms with van der Waals surface area (Å²) in [5.41, 5.74) is 5.02. The van der Waals surface area contributed by atoms with E-state index in [-0.39, 0.29) is 29.6 Å². The van der Waals surface area contributed by atoms with E-state index in [1.807, 2.05) is 42.7 Å². The van der Waals surface area contributed by atoms with Crippen LogP contribution in [0.1, 0.15) is 54.6 Å². The van der Waals surface area contributed by atoms with Crippen LogP contribution in [0.2, 0.25) is 0 Å². The van der Waals surface area contributed by atoms with E-state index in [0.29, 0.717) is 23.1 Å². The molecule has 7 rings (SSSR count). The molecular formula is C31H29FN6O2. The number of hydrogen-bond acceptors (Lipinski definition) is 4. The summed E-state index contributed by atoms with van der Waals surface area (Å²) in [6.07, 6.45) is 7.65. The average molecular weight is 537 g/mol. The summed E-state index contributed by atoms with van der Waals surface area (Å²) in [5.74, 6) is 0.279. The van der Waals surface area contributed by atoms with E-state index < -0.39 is 0 Å². The molecule has 0 saturated heterocycles. The van der Waals surface area contributed by atoms with Crippen LogP contribution in [0.15, 0.2) is 67.0 Å². The Labute approximate surface area is 230 Å². The summed E-state index contributed by atoms with van der Waals surface area (Å²) in [4.78, 5) is 30.3. The van der Waals surface area contributed by atoms with Gasteiger partial charge in [-0.15, -0.1) is 5.10 Å². The lowest BCUT2D eigenvalue weighted by molar-refractivity contribution is -0.117. The van der Waals surface area contributed by atoms with Gasteiger partial charge in [-0.25, -0.2) is 8.91 Å². The van der Waals surface area contributed by atoms with Gasteiger partial charge >= 0.3 is 0 Å². The number of nitrogens with zero attached hydrogens (tertiary/aromatic N) is 4. The van der Waals surface area contributed by atoms with Crippen molar-refractivity contribution < 1.29 is 14.0 Å². The fraction of sp³-hybridized carbons (Fsp3) is 0.290. The molecule has 3 heterocycles. The number of carbonyl (C=O) groups is 2. The van der Waals surface area contributed by atoms with Gasteiger partial charge in [0.2, 0.25) is 11.9 Å². The zero-order valence-corrected chi connectivity index (χ0v) is 22.1. The highest BCUT2D eigenvalue weighted by Crippen LogP contribution is 2.41. The molecule has 2 saturated carbocycles. The summed E-state index contributed by atoms with van der Waals surface area (Å²) in [6, 6.07) is 16.3. The molecule has 9 heteroatoms. The molecule has 0 radical (unpaired) electrons. The first-order chi connectivity index (χ1) is 19.5. The van der Waals surface area contributed by atoms with Crippen LogP contribution in [0.4, 0.5) is 10.3 Å². The molecule has 2 amide bonds. The molecule has 0 spiro atoms. The Balaban J connectivity index is 1.20. The van der Waals surface area contributed by atoms with Crippen molar-refractivity contribution in [2.75, 3.05) is 5.32 Å². The molecule has 0 aliphatic heterocycles. The Kier molecular flexibility index (Phi) is 5.87. The van der Waals surface area contributed by atoms with Crippen LogP contribution in [0.3, 0.4) is 0 Å². The number of fused-ring (bicyclic) bond motifs is 2. The van der Waals surface area contributed by atoms with Crippen molar-refractivity contribution in [1.29, 1.82) is 0 Å². The van der Waals surface area contributed by atoms with Crippen molar-refractivity contribution in [3.8, 4) is 11.1 Å². The number of nitrogens with one attached hydrogen (secondary N) is 2. The molecule has 40 heavy (non-hydrogen) atoms. The zero-order chi connectivity index (χ0) is 27.4. The van der Waals surface area contributed by atoms with Crippen molar-refractivity contribution in [3.05, 3.63) is 83.9 Å². The van der Waals surface area contributed by atoms with Crippen LogP contribution in [0, 0.1) is 17.7 Å². The van der Waals surface area contributed by atoms with Crippen LogP contribution in [-0.4, -0.2) is 31.0 Å². The van der Waals surface area contributed by atoms with Gasteiger partial charge < -0.3 is 9.88 Å². The summed E-state index contributed by atoms with van der Waals surface area (Å²) in [7, 11) is 0. The second kappa shape index (κ2) is 9.59. The molecule has 2 N–H and O–H groups in total. The molecule has 2 aliphatic rings. The lowest BCUT2D eigenvalue weighted by atomic mass is 10.0. The second-order valence-electron chi connectivity index (χ2n) is 10.8. The third kappa shape index (κ3) is 4.61. The topological polar surface area (TPSA) is 93.3 Å². The molecule has 2 aromatic carbocycles. The third-order valence-electron chi connectivity index (χ3n) is 7.93. The first-order valence-corrected chi connectivity index (χ1v) is 13.8. The fourth-order valence-corrected chi connectivity index (χ4v) is 5.38. The van der Waals surface area contributed by atoms with Crippen molar-refractivity contribution in [3.63, 3.8) is 0 Å². The molecule has 2 aliphatic carbocycles. The summed E-state index contributed by atoms with van der Waals surface area (Å²) < 4.78 is 17.3. The van der Waals surface area contributed by atoms with Gasteiger partial charge in [-0.3, -0.25) is 14.9 Å². The fourth-order valence-electron chi connectivity index (χ4n) is 5.38. The van der Waals surface area contributed by atoms with Crippen LogP contribution in [-0.2, 0) is 11.3 Å². The minimum atomic E-state index is -0.285. The van der Waals surface area contributed by atoms with Gasteiger partial charge in [-0.2, -0.15) is 4.98 Å². The van der Waals surface area contributed by atoms with Gasteiger partial charge in [0.05, 0.1) is 11.6 Å². The van der Waals surface area contributed by atoms with Gasteiger partial charge in [0.15, 0.2) is 5.65 Å². The van der Waals surface area contributed by atoms with Crippen LogP contribution in [0.5, 0.6) is 0 Å². The maximum Gasteiger partial charge on any atom is 0.253 e. The number of hydrogen-bond donors (Lipinski definition) is 2. The zero-order valence-electron chi connectivity index (χ0n) is 22.1. The molecule has 2 fully saturated rings. The first-order valence-electron chi connectivity index (χ1n) is 13.8. The molecule has 0 unspecified atom stereocenters. The van der Waals surface area contributed by atoms with E-state index in [2.05, 4.69) is 32.2 Å². The predicted octanol–water partition coefficient (Wildman–Crippen LogP) is 5.74. The number of benzene rings is 2. The van der Waals surface area contributed by atoms with Crippen LogP contribution < -0.4 is 10.6 Å². The molecule has 202 valence electrons. The third-order valence-corrected chi connectivity index (χ3v) is 7.93. The summed E-state index contributed by atoms with van der Waals surface area (Å²) in [6.45, 7) is 2.79. The smallest absolute Gasteiger partial charge is 0.253 e. The number of anilines is 1. The van der Waals surface area contributed by atoms with Gasteiger partial charge in [-0.1, -0.05) is 18.2 Å². The Hall–Kier alpha value is -4.53. The predicted molar refractivity (Wildman–Crippen MR) is 150 cm³/mol. The largest absolute Gasteiger partial charge is 0.347 e. The Bertz CT molecular complexity index is 1760. The minimum absolute atomic E-state index is 0.0313. The van der Waals surface area contributed by atoms with Crippen LogP contribution in [0.25, 0.3) is 27.7 Å². The Morgan fingerprint density at radius 1 is 1.02 bits per heavy atom. The number of aryl methyl sites for hydroxylation is 1. The summed E-state index contributed by atoms with van der Waals surface area (Å²) in [5, 5.41) is 11.3. The van der Waals surface area contributed by atoms with Crippen LogP contribution >= 0.6 is 0 Å². The lowest BCUT2D eigenvalue weighted by Gasteiger charge is -2.19. The highest BCUT2D eigenvalue weighted by Gasteiger charge is 2.34. The number of pyridine rings is 1. The van der Waals surface area contributed by atoms with Crippen molar-refractivity contribution >= 4 is 34.3 Å². The van der Waals surface area contributed by atoms with Gasteiger partial charge in [0, 0.05) is 35.8 Å². The number of rotatable bonds is 8. The Morgan fingerprint density at radius 3 is 2.52 bits per heavy atom. The van der Waals surface area contributed by atoms with E-state index in [0.717, 1.165) is 59.8 Å². The summed E-state index contributed by atoms with van der Waals surface area (Å²) >= 11 is 0. The first kappa shape index (κ1) is 24.5. The van der Waals surface area contributed by atoms with E-state index in [9.17, 15) is 14.0 Å². The number of aromatic nitrogens is 4. The van der Waals surface area contributed by atoms with Crippen molar-refractivity contribution in [1.82, 2.24) is 24.5 Å². The van der Waals surface area contributed by atoms with Gasteiger partial charge in [-0.05, 0) is 91.6 Å². The standard InChI is InChI=1S/C31H29FN6O2/c1-2-37-17-25(30(40)34-28(18-3-4-18)19-7-10-23(32)11-8-19)24-15-21(9-12-26(24)37)22-13-14-38-27(16-22)33-31(36-38)35-29(39)20-5-6-20/h7-18,20,28H,2-6H2,1H3,(H,34,40)(H,35,36,39)/t28-/m0/s1. The number of carbonyl (C=O) groups excluding carboxylic acids is 2. The molecular weight excluding hydrogens is 507 g/mol. The number of halogens is 1. The lowest BCUT2D eigenvalue weighted by Crippen LogP contribution is -2.29. The quantitative estimate of drug-likeness (QED) is 0.265. The van der Waals surface area contributed by atoms with Crippen molar-refractivity contribution in [2.24, 2.45) is 11.8 Å². The second-order valence-corrected chi connectivity index (χ2v) is 10.8. The van der Waals surface area contributed by atoms with E-state index >= 15 is 0 Å². The molecule has 3 aromatic heterocycles. The normalized spacial score (nSPS) is 15.8. The molecule has 1 atom stereocenters. The van der Waals surface area contributed by atoms with E-state index in [1.54, 1.807) is 16.6 Å². The molecule has 5 aromatic rings. The van der Waals surface area contributed by atoms with Gasteiger partial charge in [0.1, 0.15) is 5.82 Å². The highest BCUT2D eigenvalue weighted by molar-refractivity contribution is 6.08. The van der Waals surface area contributed by atoms with E-state index in [4.69, 9.17) is 0 Å². The van der Waals surface area contributed by atoms with Gasteiger partial charge in [0.25, 0.3) is 5.91 Å². The van der Waals surface area contributed by atoms with Crippen molar-refractivity contribution in [2.45, 2.75) is 45.2 Å². The molecule has 0 bridgehead atoms. The maximum atomic E-state index is 13.7. The SMILES string of the molecule is CCn1cc(C(=O)N[C@H](c2ccc(F)cc2)C2CC2)c2cc(-c3ccn4nc(NC(=O)C5CC5)nc4c3)ccc21. The molecule has 8 nitrogen and oxygen atoms in total. The highest BCUT2D eigenvalue weighted by atomic mass is 19.1. The minimum Gasteiger partial charge on any atom is -0.347 e. The number of amides is 2.